The van der Waals surface area contributed by atoms with E-state index in [9.17, 15) is 5.11 Å². The van der Waals surface area contributed by atoms with Gasteiger partial charge in [0.25, 0.3) is 0 Å². The number of nitrogens with one attached hydrogen (secondary N) is 3. The lowest BCUT2D eigenvalue weighted by Gasteiger charge is -2.14. The maximum atomic E-state index is 10.2. The van der Waals surface area contributed by atoms with Gasteiger partial charge in [0, 0.05) is 42.0 Å². The average molecular weight is 350 g/mol. The van der Waals surface area contributed by atoms with E-state index < -0.39 is 6.10 Å². The van der Waals surface area contributed by atoms with Crippen molar-refractivity contribution in [2.75, 3.05) is 19.7 Å². The molecule has 4 N–H and O–H groups in total. The van der Waals surface area contributed by atoms with Gasteiger partial charge in [-0.3, -0.25) is 0 Å². The summed E-state index contributed by atoms with van der Waals surface area (Å²) in [6.45, 7) is 1.49. The molecule has 0 aliphatic heterocycles. The predicted octanol–water partition coefficient (Wildman–Crippen LogP) is 2.62. The van der Waals surface area contributed by atoms with E-state index in [-0.39, 0.29) is 6.61 Å². The fraction of sp³-hybridized carbons (Fsp3) is 0.250. The average Bonchev–Trinajstić information content (AvgIpc) is 3.31. The molecule has 0 spiro atoms. The number of rotatable bonds is 8. The zero-order valence-corrected chi connectivity index (χ0v) is 14.4. The summed E-state index contributed by atoms with van der Waals surface area (Å²) in [6, 6.07) is 14.1. The number of aromatic nitrogens is 3. The van der Waals surface area contributed by atoms with Crippen molar-refractivity contribution < 1.29 is 9.84 Å². The van der Waals surface area contributed by atoms with Crippen LogP contribution in [0.5, 0.6) is 5.75 Å². The fourth-order valence-electron chi connectivity index (χ4n) is 3.15. The van der Waals surface area contributed by atoms with E-state index in [1.807, 2.05) is 36.5 Å². The molecular weight excluding hydrogens is 328 g/mol. The van der Waals surface area contributed by atoms with Crippen LogP contribution in [0, 0.1) is 0 Å². The minimum Gasteiger partial charge on any atom is -0.490 e. The molecule has 0 radical (unpaired) electrons. The molecule has 0 saturated carbocycles. The molecule has 134 valence electrons. The predicted molar refractivity (Wildman–Crippen MR) is 102 cm³/mol. The van der Waals surface area contributed by atoms with E-state index in [0.29, 0.717) is 6.54 Å². The molecule has 4 aromatic rings. The van der Waals surface area contributed by atoms with Crippen molar-refractivity contribution in [3.63, 3.8) is 0 Å². The van der Waals surface area contributed by atoms with Gasteiger partial charge in [-0.15, -0.1) is 0 Å². The molecule has 0 bridgehead atoms. The van der Waals surface area contributed by atoms with Gasteiger partial charge in [0.15, 0.2) is 0 Å². The highest BCUT2D eigenvalue weighted by atomic mass is 16.5. The summed E-state index contributed by atoms with van der Waals surface area (Å²) < 4.78 is 5.92. The number of H-pyrrole nitrogens is 2. The minimum absolute atomic E-state index is 0.244. The first kappa shape index (κ1) is 16.6. The number of nitrogens with zero attached hydrogens (tertiary/aromatic N) is 1. The number of aromatic amines is 2. The number of aliphatic hydroxyl groups excluding tert-OH is 1. The summed E-state index contributed by atoms with van der Waals surface area (Å²) in [5, 5.41) is 15.6. The number of hydrogen-bond acceptors (Lipinski definition) is 4. The van der Waals surface area contributed by atoms with Crippen LogP contribution in [-0.4, -0.2) is 45.9 Å². The largest absolute Gasteiger partial charge is 0.490 e. The lowest BCUT2D eigenvalue weighted by atomic mass is 10.1. The van der Waals surface area contributed by atoms with Gasteiger partial charge in [0.1, 0.15) is 18.5 Å². The van der Waals surface area contributed by atoms with Gasteiger partial charge in [-0.1, -0.05) is 24.3 Å². The second-order valence-electron chi connectivity index (χ2n) is 6.33. The van der Waals surface area contributed by atoms with Crippen LogP contribution in [0.1, 0.15) is 5.69 Å². The molecule has 1 unspecified atom stereocenters. The summed E-state index contributed by atoms with van der Waals surface area (Å²) in [7, 11) is 0. The van der Waals surface area contributed by atoms with E-state index in [4.69, 9.17) is 4.74 Å². The maximum Gasteiger partial charge on any atom is 0.129 e. The van der Waals surface area contributed by atoms with Crippen LogP contribution >= 0.6 is 0 Å². The summed E-state index contributed by atoms with van der Waals surface area (Å²) in [4.78, 5) is 10.5. The zero-order valence-electron chi connectivity index (χ0n) is 14.4. The maximum absolute atomic E-state index is 10.2. The molecule has 0 aliphatic carbocycles. The Hall–Kier alpha value is -2.83. The third-order valence-electron chi connectivity index (χ3n) is 4.42. The first-order valence-corrected chi connectivity index (χ1v) is 8.80. The Labute approximate surface area is 151 Å². The van der Waals surface area contributed by atoms with Crippen molar-refractivity contribution in [2.45, 2.75) is 12.5 Å². The Bertz CT molecular complexity index is 978. The molecule has 0 amide bonds. The highest BCUT2D eigenvalue weighted by Crippen LogP contribution is 2.32. The number of imidazole rings is 1. The Morgan fingerprint density at radius 3 is 2.88 bits per heavy atom. The number of aliphatic hydroxyl groups is 1. The molecule has 2 heterocycles. The highest BCUT2D eigenvalue weighted by Gasteiger charge is 2.11. The Kier molecular flexibility index (Phi) is 4.86. The van der Waals surface area contributed by atoms with Crippen molar-refractivity contribution in [3.05, 3.63) is 60.7 Å². The molecular formula is C20H22N4O2. The molecule has 4 rings (SSSR count). The summed E-state index contributed by atoms with van der Waals surface area (Å²) in [5.74, 6) is 0.788. The van der Waals surface area contributed by atoms with Crippen LogP contribution in [0.25, 0.3) is 21.8 Å². The monoisotopic (exact) mass is 350 g/mol. The van der Waals surface area contributed by atoms with Gasteiger partial charge in [0.2, 0.25) is 0 Å². The quantitative estimate of drug-likeness (QED) is 0.368. The van der Waals surface area contributed by atoms with Crippen LogP contribution in [0.3, 0.4) is 0 Å². The van der Waals surface area contributed by atoms with Crippen molar-refractivity contribution >= 4 is 21.8 Å². The Balaban J connectivity index is 1.35. The number of benzene rings is 2. The van der Waals surface area contributed by atoms with Crippen LogP contribution in [0.4, 0.5) is 0 Å². The topological polar surface area (TPSA) is 86.0 Å². The van der Waals surface area contributed by atoms with Gasteiger partial charge in [-0.05, 0) is 18.2 Å². The second kappa shape index (κ2) is 7.59. The van der Waals surface area contributed by atoms with E-state index in [2.05, 4.69) is 32.4 Å². The van der Waals surface area contributed by atoms with Gasteiger partial charge in [-0.2, -0.15) is 0 Å². The number of fused-ring (bicyclic) bond motifs is 3. The lowest BCUT2D eigenvalue weighted by molar-refractivity contribution is 0.107. The van der Waals surface area contributed by atoms with Crippen LogP contribution < -0.4 is 10.1 Å². The molecule has 2 aromatic carbocycles. The van der Waals surface area contributed by atoms with Gasteiger partial charge in [0.05, 0.1) is 17.5 Å². The highest BCUT2D eigenvalue weighted by molar-refractivity contribution is 6.10. The number of hydrogen-bond donors (Lipinski definition) is 4. The van der Waals surface area contributed by atoms with E-state index in [1.54, 1.807) is 6.33 Å². The Morgan fingerprint density at radius 2 is 2.00 bits per heavy atom. The molecule has 0 aliphatic rings. The van der Waals surface area contributed by atoms with Crippen LogP contribution in [0.2, 0.25) is 0 Å². The van der Waals surface area contributed by atoms with E-state index in [0.717, 1.165) is 46.2 Å². The molecule has 2 aromatic heterocycles. The molecule has 0 saturated heterocycles. The van der Waals surface area contributed by atoms with Crippen LogP contribution in [-0.2, 0) is 6.42 Å². The summed E-state index contributed by atoms with van der Waals surface area (Å²) >= 11 is 0. The van der Waals surface area contributed by atoms with Crippen molar-refractivity contribution in [3.8, 4) is 5.75 Å². The SMILES string of the molecule is OC(CNCCc1c[nH]cn1)COc1cccc2[nH]c3ccccc3c12. The van der Waals surface area contributed by atoms with Crippen LogP contribution in [0.15, 0.2) is 55.0 Å². The van der Waals surface area contributed by atoms with Crippen molar-refractivity contribution in [1.82, 2.24) is 20.3 Å². The Morgan fingerprint density at radius 1 is 1.12 bits per heavy atom. The molecule has 6 heteroatoms. The first-order valence-electron chi connectivity index (χ1n) is 8.80. The normalized spacial score (nSPS) is 12.7. The van der Waals surface area contributed by atoms with Gasteiger partial charge < -0.3 is 25.1 Å². The van der Waals surface area contributed by atoms with Gasteiger partial charge in [-0.25, -0.2) is 4.98 Å². The fourth-order valence-corrected chi connectivity index (χ4v) is 3.15. The number of ether oxygens (including phenoxy) is 1. The standard InChI is InChI=1S/C20H22N4O2/c25-15(11-21-9-8-14-10-22-13-23-14)12-26-19-7-3-6-18-20(19)16-4-1-2-5-17(16)24-18/h1-7,10,13,15,21,24-25H,8-9,11-12H2,(H,22,23). The third-order valence-corrected chi connectivity index (χ3v) is 4.42. The summed E-state index contributed by atoms with van der Waals surface area (Å²) in [6.07, 6.45) is 3.80. The second-order valence-corrected chi connectivity index (χ2v) is 6.33. The summed E-state index contributed by atoms with van der Waals surface area (Å²) in [5.41, 5.74) is 3.13. The van der Waals surface area contributed by atoms with E-state index in [1.165, 1.54) is 0 Å². The lowest BCUT2D eigenvalue weighted by Crippen LogP contribution is -2.32. The van der Waals surface area contributed by atoms with Crippen molar-refractivity contribution in [2.24, 2.45) is 0 Å². The molecule has 0 fully saturated rings. The molecule has 1 atom stereocenters. The van der Waals surface area contributed by atoms with Gasteiger partial charge >= 0.3 is 0 Å². The van der Waals surface area contributed by atoms with Crippen molar-refractivity contribution in [1.29, 1.82) is 0 Å². The number of para-hydroxylation sites is 1. The third kappa shape index (κ3) is 3.56. The minimum atomic E-state index is -0.574. The zero-order chi connectivity index (χ0) is 17.8. The molecule has 6 nitrogen and oxygen atoms in total. The first-order chi connectivity index (χ1) is 12.8. The smallest absolute Gasteiger partial charge is 0.129 e. The molecule has 26 heavy (non-hydrogen) atoms. The van der Waals surface area contributed by atoms with E-state index >= 15 is 0 Å².